The minimum Gasteiger partial charge on any atom is -0.269 e. The number of likely N-dealkylation sites (tertiary alicyclic amines) is 1. The number of imide groups is 1. The largest absolute Gasteiger partial charge is 0.364 e. The summed E-state index contributed by atoms with van der Waals surface area (Å²) in [5, 5.41) is 0. The number of allylic oxidation sites excluding steroid dienone is 2. The Morgan fingerprint density at radius 1 is 1.16 bits per heavy atom. The Morgan fingerprint density at radius 3 is 2.00 bits per heavy atom. The molecule has 3 rings (SSSR count). The molecule has 1 heterocycles. The van der Waals surface area contributed by atoms with E-state index in [1.165, 1.54) is 4.90 Å². The van der Waals surface area contributed by atoms with Gasteiger partial charge in [-0.25, -0.2) is 0 Å². The average Bonchev–Trinajstić information content (AvgIpc) is 2.97. The fourth-order valence-electron chi connectivity index (χ4n) is 3.90. The molecule has 0 aromatic rings. The van der Waals surface area contributed by atoms with Gasteiger partial charge in [0.2, 0.25) is 0 Å². The van der Waals surface area contributed by atoms with Crippen molar-refractivity contribution < 1.29 is 14.2 Å². The molecule has 2 aliphatic carbocycles. The Morgan fingerprint density at radius 2 is 1.63 bits per heavy atom. The van der Waals surface area contributed by atoms with Crippen LogP contribution in [0.2, 0.25) is 0 Å². The summed E-state index contributed by atoms with van der Waals surface area (Å²) >= 11 is 0. The fourth-order valence-corrected chi connectivity index (χ4v) is 3.90. The van der Waals surface area contributed by atoms with Gasteiger partial charge >= 0.3 is 5.96 Å². The standard InChI is InChI=1S/C14H20N3O2/c1-15(2)14(16(3)4)17-12(18)10-8-5-6-9(7-8)11(10)13(17)19/h5-6,8-11H,7H2,1-4H3/q+1/t8-,9-,10-,11+/m0/s1. The highest BCUT2D eigenvalue weighted by Crippen LogP contribution is 2.52. The van der Waals surface area contributed by atoms with Crippen LogP contribution in [-0.2, 0) is 9.59 Å². The monoisotopic (exact) mass is 262 g/mol. The average molecular weight is 262 g/mol. The van der Waals surface area contributed by atoms with E-state index < -0.39 is 0 Å². The van der Waals surface area contributed by atoms with Gasteiger partial charge in [0.1, 0.15) is 0 Å². The van der Waals surface area contributed by atoms with Crippen LogP contribution < -0.4 is 0 Å². The van der Waals surface area contributed by atoms with E-state index in [9.17, 15) is 9.59 Å². The van der Waals surface area contributed by atoms with E-state index >= 15 is 0 Å². The number of fused-ring (bicyclic) bond motifs is 5. The number of nitrogens with zero attached hydrogens (tertiary/aromatic N) is 3. The molecule has 1 saturated carbocycles. The van der Waals surface area contributed by atoms with Gasteiger partial charge in [-0.05, 0) is 18.3 Å². The predicted molar refractivity (Wildman–Crippen MR) is 70.4 cm³/mol. The van der Waals surface area contributed by atoms with Crippen molar-refractivity contribution in [3.63, 3.8) is 0 Å². The van der Waals surface area contributed by atoms with Crippen LogP contribution in [0.3, 0.4) is 0 Å². The van der Waals surface area contributed by atoms with E-state index in [-0.39, 0.29) is 35.5 Å². The molecule has 2 bridgehead atoms. The Labute approximate surface area is 113 Å². The molecule has 0 aromatic heterocycles. The minimum atomic E-state index is -0.127. The number of carbonyl (C=O) groups excluding carboxylic acids is 2. The summed E-state index contributed by atoms with van der Waals surface area (Å²) in [5.74, 6) is 0.885. The molecule has 1 saturated heterocycles. The van der Waals surface area contributed by atoms with Gasteiger partial charge in [0.15, 0.2) is 0 Å². The highest BCUT2D eigenvalue weighted by atomic mass is 16.2. The van der Waals surface area contributed by atoms with E-state index in [4.69, 9.17) is 0 Å². The Balaban J connectivity index is 2.01. The SMILES string of the molecule is CN(C)C(N1C(=O)[C@@H]2[C@H](C1=O)[C@H]1C=C[C@H]2C1)=[N+](C)C. The highest BCUT2D eigenvalue weighted by Gasteiger charge is 2.63. The fraction of sp³-hybridized carbons (Fsp3) is 0.643. The molecule has 5 heteroatoms. The second-order valence-electron chi connectivity index (χ2n) is 6.10. The maximum atomic E-state index is 12.6. The summed E-state index contributed by atoms with van der Waals surface area (Å²) in [4.78, 5) is 28.5. The van der Waals surface area contributed by atoms with E-state index in [0.717, 1.165) is 6.42 Å². The van der Waals surface area contributed by atoms with E-state index in [2.05, 4.69) is 12.2 Å². The lowest BCUT2D eigenvalue weighted by molar-refractivity contribution is -0.474. The molecular weight excluding hydrogens is 242 g/mol. The van der Waals surface area contributed by atoms with Gasteiger partial charge in [-0.15, -0.1) is 4.90 Å². The molecule has 2 fully saturated rings. The van der Waals surface area contributed by atoms with E-state index in [1.807, 2.05) is 37.7 Å². The Hall–Kier alpha value is -1.65. The Bertz CT molecular complexity index is 487. The number of amides is 2. The van der Waals surface area contributed by atoms with Crippen molar-refractivity contribution in [3.8, 4) is 0 Å². The first-order valence-corrected chi connectivity index (χ1v) is 6.71. The summed E-state index contributed by atoms with van der Waals surface area (Å²) in [6.07, 6.45) is 5.21. The third-order valence-electron chi connectivity index (χ3n) is 4.47. The topological polar surface area (TPSA) is 43.6 Å². The van der Waals surface area contributed by atoms with Crippen molar-refractivity contribution in [2.75, 3.05) is 28.2 Å². The van der Waals surface area contributed by atoms with Crippen LogP contribution in [0.1, 0.15) is 6.42 Å². The molecule has 2 amide bonds. The second-order valence-corrected chi connectivity index (χ2v) is 6.10. The molecule has 19 heavy (non-hydrogen) atoms. The van der Waals surface area contributed by atoms with Crippen molar-refractivity contribution >= 4 is 17.8 Å². The van der Waals surface area contributed by atoms with E-state index in [0.29, 0.717) is 5.96 Å². The summed E-state index contributed by atoms with van der Waals surface area (Å²) in [6, 6.07) is 0. The first-order valence-electron chi connectivity index (χ1n) is 6.71. The predicted octanol–water partition coefficient (Wildman–Crippen LogP) is -0.0168. The lowest BCUT2D eigenvalue weighted by Crippen LogP contribution is -2.49. The van der Waals surface area contributed by atoms with Crippen LogP contribution >= 0.6 is 0 Å². The molecule has 0 aromatic carbocycles. The molecule has 4 atom stereocenters. The first-order chi connectivity index (χ1) is 8.93. The maximum absolute atomic E-state index is 12.6. The third kappa shape index (κ3) is 1.50. The summed E-state index contributed by atoms with van der Waals surface area (Å²) in [6.45, 7) is 0. The zero-order valence-electron chi connectivity index (χ0n) is 11.8. The van der Waals surface area contributed by atoms with Gasteiger partial charge < -0.3 is 0 Å². The zero-order valence-corrected chi connectivity index (χ0v) is 11.8. The number of hydrogen-bond acceptors (Lipinski definition) is 2. The van der Waals surface area contributed by atoms with Gasteiger partial charge in [-0.3, -0.25) is 19.1 Å². The van der Waals surface area contributed by atoms with Crippen molar-refractivity contribution in [3.05, 3.63) is 12.2 Å². The number of rotatable bonds is 0. The maximum Gasteiger partial charge on any atom is 0.364 e. The van der Waals surface area contributed by atoms with Crippen LogP contribution in [0.4, 0.5) is 0 Å². The van der Waals surface area contributed by atoms with Crippen LogP contribution in [0.15, 0.2) is 12.2 Å². The van der Waals surface area contributed by atoms with Crippen molar-refractivity contribution in [1.29, 1.82) is 0 Å². The zero-order chi connectivity index (χ0) is 13.9. The minimum absolute atomic E-state index is 0.0238. The van der Waals surface area contributed by atoms with Gasteiger partial charge in [0, 0.05) is 0 Å². The number of hydrogen-bond donors (Lipinski definition) is 0. The number of carbonyl (C=O) groups is 2. The van der Waals surface area contributed by atoms with Crippen LogP contribution in [0.5, 0.6) is 0 Å². The molecule has 1 aliphatic heterocycles. The molecular formula is C14H20N3O2+. The van der Waals surface area contributed by atoms with E-state index in [1.54, 1.807) is 0 Å². The molecule has 102 valence electrons. The van der Waals surface area contributed by atoms with Crippen molar-refractivity contribution in [1.82, 2.24) is 9.80 Å². The smallest absolute Gasteiger partial charge is 0.269 e. The summed E-state index contributed by atoms with van der Waals surface area (Å²) < 4.78 is 1.83. The highest BCUT2D eigenvalue weighted by molar-refractivity contribution is 6.17. The molecule has 5 nitrogen and oxygen atoms in total. The summed E-state index contributed by atoms with van der Waals surface area (Å²) in [7, 11) is 7.43. The van der Waals surface area contributed by atoms with Crippen molar-refractivity contribution in [2.24, 2.45) is 23.7 Å². The van der Waals surface area contributed by atoms with Gasteiger partial charge in [0.25, 0.3) is 11.8 Å². The summed E-state index contributed by atoms with van der Waals surface area (Å²) in [5.41, 5.74) is 0. The van der Waals surface area contributed by atoms with Crippen LogP contribution in [-0.4, -0.2) is 60.3 Å². The molecule has 3 aliphatic rings. The number of guanidine groups is 1. The molecule has 0 N–H and O–H groups in total. The molecule has 0 unspecified atom stereocenters. The van der Waals surface area contributed by atoms with Crippen LogP contribution in [0, 0.1) is 23.7 Å². The molecule has 0 radical (unpaired) electrons. The van der Waals surface area contributed by atoms with Gasteiger partial charge in [-0.1, -0.05) is 12.2 Å². The Kier molecular flexibility index (Phi) is 2.56. The lowest BCUT2D eigenvalue weighted by atomic mass is 9.85. The van der Waals surface area contributed by atoms with Crippen LogP contribution in [0.25, 0.3) is 0 Å². The van der Waals surface area contributed by atoms with Gasteiger partial charge in [-0.2, -0.15) is 0 Å². The second kappa shape index (κ2) is 3.92. The molecule has 0 spiro atoms. The van der Waals surface area contributed by atoms with Crippen molar-refractivity contribution in [2.45, 2.75) is 6.42 Å². The first kappa shape index (κ1) is 12.4. The quantitative estimate of drug-likeness (QED) is 0.203. The third-order valence-corrected chi connectivity index (χ3v) is 4.47. The lowest BCUT2D eigenvalue weighted by Gasteiger charge is -2.19. The normalized spacial score (nSPS) is 35.1. The van der Waals surface area contributed by atoms with Gasteiger partial charge in [0.05, 0.1) is 40.0 Å².